The maximum Gasteiger partial charge on any atom is 0.322 e. The van der Waals surface area contributed by atoms with Crippen LogP contribution in [0.5, 0.6) is 0 Å². The molecule has 0 aliphatic heterocycles. The molecule has 33 heavy (non-hydrogen) atoms. The van der Waals surface area contributed by atoms with Crippen molar-refractivity contribution in [2.75, 3.05) is 6.54 Å². The van der Waals surface area contributed by atoms with Crippen molar-refractivity contribution in [3.05, 3.63) is 94.3 Å². The minimum atomic E-state index is -1.09. The molecule has 7 heteroatoms. The smallest absolute Gasteiger partial charge is 0.322 e. The number of carboxylic acids is 1. The molecule has 0 saturated carbocycles. The lowest BCUT2D eigenvalue weighted by Crippen LogP contribution is -2.29. The van der Waals surface area contributed by atoms with Gasteiger partial charge in [0.25, 0.3) is 5.91 Å². The average molecular weight is 446 g/mol. The predicted molar refractivity (Wildman–Crippen MR) is 126 cm³/mol. The molecule has 1 aromatic heterocycles. The van der Waals surface area contributed by atoms with Gasteiger partial charge >= 0.3 is 5.97 Å². The van der Waals surface area contributed by atoms with Crippen LogP contribution in [0.4, 0.5) is 0 Å². The summed E-state index contributed by atoms with van der Waals surface area (Å²) in [7, 11) is 0. The first-order chi connectivity index (χ1) is 15.9. The van der Waals surface area contributed by atoms with Crippen molar-refractivity contribution in [1.29, 1.82) is 0 Å². The van der Waals surface area contributed by atoms with Gasteiger partial charge in [0.05, 0.1) is 6.54 Å². The molecule has 0 spiro atoms. The zero-order valence-electron chi connectivity index (χ0n) is 18.7. The fraction of sp³-hybridized carbons (Fsp3) is 0.231. The van der Waals surface area contributed by atoms with E-state index in [1.807, 2.05) is 37.3 Å². The third-order valence-corrected chi connectivity index (χ3v) is 5.07. The highest BCUT2D eigenvalue weighted by molar-refractivity contribution is 6.07. The van der Waals surface area contributed by atoms with Gasteiger partial charge in [-0.1, -0.05) is 61.4 Å². The maximum absolute atomic E-state index is 12.8. The molecule has 0 aliphatic rings. The van der Waals surface area contributed by atoms with E-state index in [1.54, 1.807) is 41.2 Å². The number of nitrogens with one attached hydrogen (secondary N) is 1. The van der Waals surface area contributed by atoms with E-state index in [-0.39, 0.29) is 5.78 Å². The largest absolute Gasteiger partial charge is 0.480 e. The number of rotatable bonds is 10. The Bertz CT molecular complexity index is 1180. The Balaban J connectivity index is 1.77. The van der Waals surface area contributed by atoms with Crippen LogP contribution in [0.2, 0.25) is 0 Å². The summed E-state index contributed by atoms with van der Waals surface area (Å²) >= 11 is 0. The number of carbonyl (C=O) groups is 3. The Kier molecular flexibility index (Phi) is 7.91. The molecule has 170 valence electrons. The van der Waals surface area contributed by atoms with Gasteiger partial charge in [0.2, 0.25) is 5.78 Å². The van der Waals surface area contributed by atoms with E-state index in [1.165, 1.54) is 0 Å². The van der Waals surface area contributed by atoms with Crippen molar-refractivity contribution in [3.63, 3.8) is 0 Å². The van der Waals surface area contributed by atoms with Crippen molar-refractivity contribution in [3.8, 4) is 0 Å². The number of ketones is 1. The second-order valence-corrected chi connectivity index (χ2v) is 7.79. The fourth-order valence-corrected chi connectivity index (χ4v) is 3.45. The van der Waals surface area contributed by atoms with E-state index in [4.69, 9.17) is 5.11 Å². The van der Waals surface area contributed by atoms with Crippen LogP contribution in [0.1, 0.15) is 56.4 Å². The van der Waals surface area contributed by atoms with Crippen LogP contribution in [0.3, 0.4) is 0 Å². The molecule has 1 amide bonds. The van der Waals surface area contributed by atoms with Gasteiger partial charge in [0.1, 0.15) is 12.2 Å². The molecule has 1 heterocycles. The summed E-state index contributed by atoms with van der Waals surface area (Å²) in [6.45, 7) is 3.98. The molecule has 0 radical (unpaired) electrons. The molecule has 7 nitrogen and oxygen atoms in total. The number of nitrogens with zero attached hydrogens (tertiary/aromatic N) is 2. The molecular formula is C26H27N3O4. The minimum absolute atomic E-state index is 0.0942. The third-order valence-electron chi connectivity index (χ3n) is 5.07. The summed E-state index contributed by atoms with van der Waals surface area (Å²) in [5.41, 5.74) is 4.42. The third kappa shape index (κ3) is 6.49. The Morgan fingerprint density at radius 3 is 2.52 bits per heavy atom. The van der Waals surface area contributed by atoms with Gasteiger partial charge in [0, 0.05) is 17.3 Å². The second kappa shape index (κ2) is 11.0. The number of amides is 1. The van der Waals surface area contributed by atoms with Crippen molar-refractivity contribution < 1.29 is 19.5 Å². The van der Waals surface area contributed by atoms with Crippen molar-refractivity contribution in [1.82, 2.24) is 15.1 Å². The molecule has 0 unspecified atom stereocenters. The summed E-state index contributed by atoms with van der Waals surface area (Å²) in [4.78, 5) is 35.9. The molecule has 3 aromatic rings. The minimum Gasteiger partial charge on any atom is -0.480 e. The quantitative estimate of drug-likeness (QED) is 0.461. The molecule has 0 aliphatic carbocycles. The van der Waals surface area contributed by atoms with Crippen LogP contribution in [0.25, 0.3) is 6.08 Å². The average Bonchev–Trinajstić information content (AvgIpc) is 3.26. The molecule has 3 rings (SSSR count). The van der Waals surface area contributed by atoms with E-state index in [9.17, 15) is 14.4 Å². The number of carboxylic acid groups (broad SMARTS) is 1. The molecule has 0 saturated heterocycles. The van der Waals surface area contributed by atoms with Gasteiger partial charge in [0.15, 0.2) is 0 Å². The highest BCUT2D eigenvalue weighted by Crippen LogP contribution is 2.15. The first kappa shape index (κ1) is 23.7. The van der Waals surface area contributed by atoms with Gasteiger partial charge in [-0.3, -0.25) is 19.1 Å². The Labute approximate surface area is 192 Å². The van der Waals surface area contributed by atoms with Crippen LogP contribution in [-0.4, -0.2) is 39.1 Å². The number of aromatic nitrogens is 2. The standard InChI is InChI=1S/C26H27N3O4/c1-3-5-19-14-20(16-22(15-19)26(33)27-17-24(30)31)6-4-13-29-23(11-12-28-29)25(32)21-9-7-18(2)8-10-21/h4,6-12,14-16H,3,5,13,17H2,1-2H3,(H,27,33)(H,30,31)/b6-4+. The Hall–Kier alpha value is -4.00. The number of carbonyl (C=O) groups excluding carboxylic acids is 2. The number of benzene rings is 2. The molecule has 2 aromatic carbocycles. The van der Waals surface area contributed by atoms with Crippen molar-refractivity contribution in [2.24, 2.45) is 0 Å². The van der Waals surface area contributed by atoms with Crippen molar-refractivity contribution in [2.45, 2.75) is 33.2 Å². The molecule has 0 fully saturated rings. The van der Waals surface area contributed by atoms with Gasteiger partial charge in [-0.05, 0) is 42.7 Å². The lowest BCUT2D eigenvalue weighted by Gasteiger charge is -2.08. The van der Waals surface area contributed by atoms with E-state index >= 15 is 0 Å². The lowest BCUT2D eigenvalue weighted by atomic mass is 10.0. The summed E-state index contributed by atoms with van der Waals surface area (Å²) in [6.07, 6.45) is 7.07. The van der Waals surface area contributed by atoms with E-state index in [0.717, 1.165) is 29.5 Å². The van der Waals surface area contributed by atoms with Crippen LogP contribution >= 0.6 is 0 Å². The van der Waals surface area contributed by atoms with Gasteiger partial charge in [-0.25, -0.2) is 0 Å². The zero-order chi connectivity index (χ0) is 23.8. The molecular weight excluding hydrogens is 418 g/mol. The Morgan fingerprint density at radius 2 is 1.82 bits per heavy atom. The highest BCUT2D eigenvalue weighted by atomic mass is 16.4. The molecule has 0 bridgehead atoms. The van der Waals surface area contributed by atoms with E-state index in [2.05, 4.69) is 17.3 Å². The van der Waals surface area contributed by atoms with Gasteiger partial charge < -0.3 is 10.4 Å². The summed E-state index contributed by atoms with van der Waals surface area (Å²) in [5.74, 6) is -1.62. The normalized spacial score (nSPS) is 11.0. The zero-order valence-corrected chi connectivity index (χ0v) is 18.7. The maximum atomic E-state index is 12.8. The first-order valence-corrected chi connectivity index (χ1v) is 10.8. The van der Waals surface area contributed by atoms with E-state index in [0.29, 0.717) is 23.4 Å². The van der Waals surface area contributed by atoms with E-state index < -0.39 is 18.4 Å². The number of hydrogen-bond donors (Lipinski definition) is 2. The second-order valence-electron chi connectivity index (χ2n) is 7.79. The Morgan fingerprint density at radius 1 is 1.06 bits per heavy atom. The number of hydrogen-bond acceptors (Lipinski definition) is 4. The topological polar surface area (TPSA) is 101 Å². The van der Waals surface area contributed by atoms with Gasteiger partial charge in [-0.15, -0.1) is 0 Å². The van der Waals surface area contributed by atoms with Crippen molar-refractivity contribution >= 4 is 23.7 Å². The van der Waals surface area contributed by atoms with Crippen LogP contribution in [-0.2, 0) is 17.8 Å². The number of aliphatic carboxylic acids is 1. The number of aryl methyl sites for hydroxylation is 2. The van der Waals surface area contributed by atoms with Gasteiger partial charge in [-0.2, -0.15) is 5.10 Å². The van der Waals surface area contributed by atoms with Crippen LogP contribution in [0, 0.1) is 6.92 Å². The summed E-state index contributed by atoms with van der Waals surface area (Å²) in [5, 5.41) is 15.5. The summed E-state index contributed by atoms with van der Waals surface area (Å²) in [6, 6.07) is 14.6. The highest BCUT2D eigenvalue weighted by Gasteiger charge is 2.14. The monoisotopic (exact) mass is 445 g/mol. The SMILES string of the molecule is CCCc1cc(/C=C/Cn2nccc2C(=O)c2ccc(C)cc2)cc(C(=O)NCC(=O)O)c1. The van der Waals surface area contributed by atoms with Crippen LogP contribution in [0.15, 0.2) is 60.8 Å². The predicted octanol–water partition coefficient (Wildman–Crippen LogP) is 3.90. The number of allylic oxidation sites excluding steroid dienone is 1. The summed E-state index contributed by atoms with van der Waals surface area (Å²) < 4.78 is 1.63. The fourth-order valence-electron chi connectivity index (χ4n) is 3.45. The first-order valence-electron chi connectivity index (χ1n) is 10.8. The molecule has 2 N–H and O–H groups in total. The lowest BCUT2D eigenvalue weighted by molar-refractivity contribution is -0.135. The van der Waals surface area contributed by atoms with Crippen LogP contribution < -0.4 is 5.32 Å². The molecule has 0 atom stereocenters.